The van der Waals surface area contributed by atoms with Crippen molar-refractivity contribution in [1.29, 1.82) is 0 Å². The second-order valence-electron chi connectivity index (χ2n) is 6.10. The van der Waals surface area contributed by atoms with Crippen molar-refractivity contribution in [3.8, 4) is 0 Å². The molecule has 3 aromatic rings. The molecule has 0 N–H and O–H groups in total. The number of ether oxygens (including phenoxy) is 1. The molecular formula is C18H18FN3O2S. The predicted octanol–water partition coefficient (Wildman–Crippen LogP) is 3.76. The fourth-order valence-corrected chi connectivity index (χ4v) is 4.57. The Balaban J connectivity index is 1.66. The lowest BCUT2D eigenvalue weighted by Gasteiger charge is -2.31. The zero-order chi connectivity index (χ0) is 17.4. The molecule has 4 rings (SSSR count). The van der Waals surface area contributed by atoms with Gasteiger partial charge in [-0.1, -0.05) is 6.07 Å². The van der Waals surface area contributed by atoms with Gasteiger partial charge in [-0.05, 0) is 31.9 Å². The minimum atomic E-state index is -0.255. The fourth-order valence-electron chi connectivity index (χ4n) is 3.38. The highest BCUT2D eigenvalue weighted by atomic mass is 32.1. The Labute approximate surface area is 148 Å². The van der Waals surface area contributed by atoms with Gasteiger partial charge in [-0.25, -0.2) is 14.4 Å². The molecule has 25 heavy (non-hydrogen) atoms. The number of fused-ring (bicyclic) bond motifs is 3. The lowest BCUT2D eigenvalue weighted by atomic mass is 9.97. The third kappa shape index (κ3) is 2.82. The lowest BCUT2D eigenvalue weighted by molar-refractivity contribution is -0.148. The molecule has 0 atom stereocenters. The van der Waals surface area contributed by atoms with Crippen molar-refractivity contribution in [1.82, 2.24) is 9.97 Å². The molecule has 1 aliphatic rings. The summed E-state index contributed by atoms with van der Waals surface area (Å²) in [6, 6.07) is 5.08. The van der Waals surface area contributed by atoms with Crippen LogP contribution in [0.4, 0.5) is 10.2 Å². The van der Waals surface area contributed by atoms with Crippen LogP contribution in [0.3, 0.4) is 0 Å². The molecule has 1 saturated heterocycles. The Morgan fingerprint density at radius 3 is 2.92 bits per heavy atom. The standard InChI is InChI=1S/C18H18FN3O2S/c1-2-24-18(23)11-6-8-22(9-7-11)17-16-15(20-10-21-17)14-12(19)4-3-5-13(14)25-16/h3-5,10-11H,2,6-9H2,1H3. The van der Waals surface area contributed by atoms with Crippen molar-refractivity contribution in [3.05, 3.63) is 30.3 Å². The Morgan fingerprint density at radius 2 is 2.16 bits per heavy atom. The van der Waals surface area contributed by atoms with Gasteiger partial charge in [0.2, 0.25) is 0 Å². The van der Waals surface area contributed by atoms with Gasteiger partial charge < -0.3 is 9.64 Å². The maximum atomic E-state index is 14.2. The van der Waals surface area contributed by atoms with Gasteiger partial charge in [-0.15, -0.1) is 11.3 Å². The number of nitrogens with zero attached hydrogens (tertiary/aromatic N) is 3. The first-order chi connectivity index (χ1) is 12.2. The van der Waals surface area contributed by atoms with E-state index < -0.39 is 0 Å². The van der Waals surface area contributed by atoms with Gasteiger partial charge in [0, 0.05) is 17.8 Å². The van der Waals surface area contributed by atoms with Crippen molar-refractivity contribution in [2.24, 2.45) is 5.92 Å². The SMILES string of the molecule is CCOC(=O)C1CCN(c2ncnc3c2sc2cccc(F)c23)CC1. The van der Waals surface area contributed by atoms with Gasteiger partial charge in [-0.3, -0.25) is 4.79 Å². The summed E-state index contributed by atoms with van der Waals surface area (Å²) in [5.74, 6) is 0.412. The minimum Gasteiger partial charge on any atom is -0.466 e. The van der Waals surface area contributed by atoms with Crippen molar-refractivity contribution in [2.45, 2.75) is 19.8 Å². The van der Waals surface area contributed by atoms with E-state index in [0.717, 1.165) is 41.1 Å². The largest absolute Gasteiger partial charge is 0.466 e. The summed E-state index contributed by atoms with van der Waals surface area (Å²) in [5.41, 5.74) is 0.663. The predicted molar refractivity (Wildman–Crippen MR) is 96.4 cm³/mol. The van der Waals surface area contributed by atoms with Crippen molar-refractivity contribution in [3.63, 3.8) is 0 Å². The zero-order valence-electron chi connectivity index (χ0n) is 13.9. The highest BCUT2D eigenvalue weighted by Crippen LogP contribution is 2.39. The molecule has 130 valence electrons. The molecule has 2 aromatic heterocycles. The molecule has 5 nitrogen and oxygen atoms in total. The molecule has 0 spiro atoms. The van der Waals surface area contributed by atoms with Crippen molar-refractivity contribution >= 4 is 43.4 Å². The van der Waals surface area contributed by atoms with Crippen molar-refractivity contribution in [2.75, 3.05) is 24.6 Å². The first kappa shape index (κ1) is 16.2. The number of esters is 1. The monoisotopic (exact) mass is 359 g/mol. The molecule has 0 bridgehead atoms. The molecule has 1 aliphatic heterocycles. The number of piperidine rings is 1. The smallest absolute Gasteiger partial charge is 0.309 e. The number of thiophene rings is 1. The van der Waals surface area contributed by atoms with Gasteiger partial charge in [0.15, 0.2) is 0 Å². The third-order valence-corrected chi connectivity index (χ3v) is 5.76. The molecule has 0 radical (unpaired) electrons. The Bertz CT molecular complexity index is 935. The minimum absolute atomic E-state index is 0.0478. The quantitative estimate of drug-likeness (QED) is 0.667. The highest BCUT2D eigenvalue weighted by Gasteiger charge is 2.28. The summed E-state index contributed by atoms with van der Waals surface area (Å²) in [6.07, 6.45) is 2.97. The van der Waals surface area contributed by atoms with Crippen LogP contribution in [-0.4, -0.2) is 35.6 Å². The fraction of sp³-hybridized carbons (Fsp3) is 0.389. The summed E-state index contributed by atoms with van der Waals surface area (Å²) < 4.78 is 21.1. The molecule has 0 unspecified atom stereocenters. The first-order valence-electron chi connectivity index (χ1n) is 8.42. The number of hydrogen-bond donors (Lipinski definition) is 0. The maximum Gasteiger partial charge on any atom is 0.309 e. The van der Waals surface area contributed by atoms with Crippen LogP contribution in [0.25, 0.3) is 20.3 Å². The second kappa shape index (κ2) is 6.55. The van der Waals surface area contributed by atoms with Crippen LogP contribution in [0.5, 0.6) is 0 Å². The maximum absolute atomic E-state index is 14.2. The number of hydrogen-bond acceptors (Lipinski definition) is 6. The molecule has 0 aliphatic carbocycles. The van der Waals surface area contributed by atoms with Crippen LogP contribution in [0, 0.1) is 11.7 Å². The van der Waals surface area contributed by atoms with E-state index in [-0.39, 0.29) is 17.7 Å². The van der Waals surface area contributed by atoms with Gasteiger partial charge in [-0.2, -0.15) is 0 Å². The van der Waals surface area contributed by atoms with Gasteiger partial charge in [0.25, 0.3) is 0 Å². The second-order valence-corrected chi connectivity index (χ2v) is 7.16. The zero-order valence-corrected chi connectivity index (χ0v) is 14.7. The van der Waals surface area contributed by atoms with E-state index in [1.807, 2.05) is 13.0 Å². The van der Waals surface area contributed by atoms with E-state index >= 15 is 0 Å². The lowest BCUT2D eigenvalue weighted by Crippen LogP contribution is -2.37. The summed E-state index contributed by atoms with van der Waals surface area (Å²) in [5, 5.41) is 0.563. The topological polar surface area (TPSA) is 55.3 Å². The molecule has 1 aromatic carbocycles. The molecule has 3 heterocycles. The van der Waals surface area contributed by atoms with Crippen LogP contribution >= 0.6 is 11.3 Å². The van der Waals surface area contributed by atoms with E-state index in [0.29, 0.717) is 17.5 Å². The number of carbonyl (C=O) groups is 1. The van der Waals surface area contributed by atoms with E-state index in [9.17, 15) is 9.18 Å². The number of aromatic nitrogens is 2. The normalized spacial score (nSPS) is 15.8. The summed E-state index contributed by atoms with van der Waals surface area (Å²) in [4.78, 5) is 22.8. The number of rotatable bonds is 3. The van der Waals surface area contributed by atoms with Gasteiger partial charge >= 0.3 is 5.97 Å². The van der Waals surface area contributed by atoms with Crippen molar-refractivity contribution < 1.29 is 13.9 Å². The molecular weight excluding hydrogens is 341 g/mol. The Kier molecular flexibility index (Phi) is 4.25. The molecule has 1 fully saturated rings. The highest BCUT2D eigenvalue weighted by molar-refractivity contribution is 7.26. The van der Waals surface area contributed by atoms with E-state index in [4.69, 9.17) is 4.74 Å². The Morgan fingerprint density at radius 1 is 1.36 bits per heavy atom. The van der Waals surface area contributed by atoms with Crippen LogP contribution in [0.2, 0.25) is 0 Å². The summed E-state index contributed by atoms with van der Waals surface area (Å²) >= 11 is 1.51. The van der Waals surface area contributed by atoms with E-state index in [2.05, 4.69) is 14.9 Å². The number of halogens is 1. The molecule has 7 heteroatoms. The summed E-state index contributed by atoms with van der Waals surface area (Å²) in [7, 11) is 0. The van der Waals surface area contributed by atoms with E-state index in [1.54, 1.807) is 6.07 Å². The van der Waals surface area contributed by atoms with Crippen LogP contribution < -0.4 is 4.90 Å². The van der Waals surface area contributed by atoms with Gasteiger partial charge in [0.1, 0.15) is 18.0 Å². The molecule has 0 saturated carbocycles. The van der Waals surface area contributed by atoms with E-state index in [1.165, 1.54) is 23.7 Å². The third-order valence-electron chi connectivity index (χ3n) is 4.62. The number of carbonyl (C=O) groups excluding carboxylic acids is 1. The molecule has 0 amide bonds. The summed E-state index contributed by atoms with van der Waals surface area (Å²) in [6.45, 7) is 3.70. The average molecular weight is 359 g/mol. The average Bonchev–Trinajstić information content (AvgIpc) is 3.02. The number of anilines is 1. The van der Waals surface area contributed by atoms with Gasteiger partial charge in [0.05, 0.1) is 28.1 Å². The van der Waals surface area contributed by atoms with Crippen LogP contribution in [0.1, 0.15) is 19.8 Å². The first-order valence-corrected chi connectivity index (χ1v) is 9.24. The Hall–Kier alpha value is -2.28. The van der Waals surface area contributed by atoms with Crippen LogP contribution in [-0.2, 0) is 9.53 Å². The number of benzene rings is 1. The van der Waals surface area contributed by atoms with Crippen LogP contribution in [0.15, 0.2) is 24.5 Å².